The highest BCUT2D eigenvalue weighted by Gasteiger charge is 2.16. The molecule has 2 aromatic carbocycles. The number of hydrogen-bond donors (Lipinski definition) is 3. The highest BCUT2D eigenvalue weighted by molar-refractivity contribution is 6.09. The minimum absolute atomic E-state index is 0.729. The summed E-state index contributed by atoms with van der Waals surface area (Å²) in [6, 6.07) is 9.96. The third-order valence-electron chi connectivity index (χ3n) is 4.20. The number of fused-ring (bicyclic) bond motifs is 2. The van der Waals surface area contributed by atoms with Crippen LogP contribution in [0.1, 0.15) is 0 Å². The number of benzene rings is 2. The van der Waals surface area contributed by atoms with Gasteiger partial charge in [0.2, 0.25) is 5.95 Å². The molecule has 0 saturated heterocycles. The van der Waals surface area contributed by atoms with Gasteiger partial charge in [0.05, 0.1) is 16.6 Å². The second kappa shape index (κ2) is 4.27. The molecule has 5 nitrogen and oxygen atoms in total. The van der Waals surface area contributed by atoms with Crippen LogP contribution in [0.3, 0.4) is 0 Å². The molecule has 4 aromatic rings. The molecular weight excluding hydrogens is 274 g/mol. The first-order valence-corrected chi connectivity index (χ1v) is 7.16. The summed E-state index contributed by atoms with van der Waals surface area (Å²) in [4.78, 5) is 4.69. The predicted octanol–water partition coefficient (Wildman–Crippen LogP) is 2.44. The molecule has 0 bridgehead atoms. The third kappa shape index (κ3) is 1.45. The van der Waals surface area contributed by atoms with Crippen molar-refractivity contribution in [1.82, 2.24) is 9.38 Å². The Bertz CT molecular complexity index is 1080. The summed E-state index contributed by atoms with van der Waals surface area (Å²) in [7, 11) is 3.79. The first-order chi connectivity index (χ1) is 10.7. The van der Waals surface area contributed by atoms with Gasteiger partial charge in [0.25, 0.3) is 0 Å². The summed E-state index contributed by atoms with van der Waals surface area (Å²) in [5.74, 6) is 0.808. The fourth-order valence-electron chi connectivity index (χ4n) is 3.21. The van der Waals surface area contributed by atoms with Crippen molar-refractivity contribution >= 4 is 51.2 Å². The Morgan fingerprint density at radius 2 is 1.95 bits per heavy atom. The number of nitrogens with one attached hydrogen (secondary N) is 2. The van der Waals surface area contributed by atoms with E-state index < -0.39 is 0 Å². The van der Waals surface area contributed by atoms with Crippen LogP contribution in [0.5, 0.6) is 0 Å². The molecule has 0 atom stereocenters. The molecular formula is C17H17N5. The quantitative estimate of drug-likeness (QED) is 0.392. The van der Waals surface area contributed by atoms with Crippen molar-refractivity contribution in [3.8, 4) is 0 Å². The number of nitrogens with two attached hydrogens (primary N) is 1. The molecule has 5 heteroatoms. The normalized spacial score (nSPS) is 11.5. The maximum Gasteiger partial charge on any atom is 0.208 e. The van der Waals surface area contributed by atoms with Gasteiger partial charge in [-0.1, -0.05) is 6.58 Å². The molecule has 0 aliphatic carbocycles. The SMILES string of the molecule is C=c1c2cc(N)ccc2n2c(NC)nc3ccc(NC)c1c32. The van der Waals surface area contributed by atoms with E-state index in [1.54, 1.807) is 0 Å². The van der Waals surface area contributed by atoms with Crippen LogP contribution in [-0.4, -0.2) is 23.5 Å². The topological polar surface area (TPSA) is 67.4 Å². The Morgan fingerprint density at radius 3 is 2.68 bits per heavy atom. The molecule has 2 heterocycles. The van der Waals surface area contributed by atoms with Crippen molar-refractivity contribution < 1.29 is 0 Å². The predicted molar refractivity (Wildman–Crippen MR) is 94.4 cm³/mol. The summed E-state index contributed by atoms with van der Waals surface area (Å²) in [5, 5.41) is 9.50. The molecule has 0 saturated carbocycles. The number of rotatable bonds is 2. The number of aromatic nitrogens is 2. The molecule has 2 aromatic heterocycles. The van der Waals surface area contributed by atoms with Crippen LogP contribution >= 0.6 is 0 Å². The van der Waals surface area contributed by atoms with Gasteiger partial charge in [0.15, 0.2) is 0 Å². The lowest BCUT2D eigenvalue weighted by atomic mass is 10.1. The van der Waals surface area contributed by atoms with E-state index in [2.05, 4.69) is 26.6 Å². The summed E-state index contributed by atoms with van der Waals surface area (Å²) in [6.45, 7) is 4.31. The van der Waals surface area contributed by atoms with E-state index in [1.165, 1.54) is 0 Å². The molecule has 22 heavy (non-hydrogen) atoms. The van der Waals surface area contributed by atoms with Crippen LogP contribution in [0.25, 0.3) is 33.9 Å². The maximum atomic E-state index is 5.98. The number of nitrogen functional groups attached to an aromatic ring is 1. The smallest absolute Gasteiger partial charge is 0.208 e. The maximum absolute atomic E-state index is 5.98. The standard InChI is InChI=1S/C17H17N5/c1-9-11-8-10(18)4-7-14(11)22-16-13(21-17(22)20-3)6-5-12(19-2)15(9)16/h4-8,19H,1,18H2,2-3H3,(H,20,21). The zero-order chi connectivity index (χ0) is 15.4. The van der Waals surface area contributed by atoms with E-state index in [0.29, 0.717) is 0 Å². The van der Waals surface area contributed by atoms with E-state index in [-0.39, 0.29) is 0 Å². The third-order valence-corrected chi connectivity index (χ3v) is 4.20. The van der Waals surface area contributed by atoms with Crippen LogP contribution in [0.15, 0.2) is 30.3 Å². The zero-order valence-corrected chi connectivity index (χ0v) is 12.6. The van der Waals surface area contributed by atoms with Gasteiger partial charge in [-0.05, 0) is 35.6 Å². The fraction of sp³-hybridized carbons (Fsp3) is 0.118. The first kappa shape index (κ1) is 12.8. The summed E-state index contributed by atoms with van der Waals surface area (Å²) in [6.07, 6.45) is 0. The molecule has 4 rings (SSSR count). The van der Waals surface area contributed by atoms with Gasteiger partial charge < -0.3 is 16.4 Å². The summed E-state index contributed by atoms with van der Waals surface area (Å²) in [5.41, 5.74) is 10.8. The minimum Gasteiger partial charge on any atom is -0.399 e. The largest absolute Gasteiger partial charge is 0.399 e. The fourth-order valence-corrected chi connectivity index (χ4v) is 3.21. The molecule has 0 fully saturated rings. The van der Waals surface area contributed by atoms with E-state index in [9.17, 15) is 0 Å². The molecule has 0 aliphatic heterocycles. The van der Waals surface area contributed by atoms with Gasteiger partial charge in [0.1, 0.15) is 0 Å². The van der Waals surface area contributed by atoms with Crippen LogP contribution < -0.4 is 21.6 Å². The van der Waals surface area contributed by atoms with Crippen LogP contribution in [0, 0.1) is 0 Å². The summed E-state index contributed by atoms with van der Waals surface area (Å²) >= 11 is 0. The lowest BCUT2D eigenvalue weighted by Gasteiger charge is -2.12. The minimum atomic E-state index is 0.729. The van der Waals surface area contributed by atoms with Crippen LogP contribution in [-0.2, 0) is 0 Å². The Kier molecular flexibility index (Phi) is 2.48. The Morgan fingerprint density at radius 1 is 1.14 bits per heavy atom. The molecule has 4 N–H and O–H groups in total. The number of hydrogen-bond acceptors (Lipinski definition) is 4. The first-order valence-electron chi connectivity index (χ1n) is 7.16. The Balaban J connectivity index is 2.42. The van der Waals surface area contributed by atoms with Gasteiger partial charge in [-0.15, -0.1) is 0 Å². The average Bonchev–Trinajstić information content (AvgIpc) is 2.91. The van der Waals surface area contributed by atoms with Gasteiger partial charge in [0, 0.05) is 36.2 Å². The molecule has 110 valence electrons. The van der Waals surface area contributed by atoms with Crippen molar-refractivity contribution in [3.05, 3.63) is 35.6 Å². The van der Waals surface area contributed by atoms with Crippen LogP contribution in [0.4, 0.5) is 17.3 Å². The highest BCUT2D eigenvalue weighted by atomic mass is 15.2. The molecule has 0 aliphatic rings. The van der Waals surface area contributed by atoms with E-state index in [0.717, 1.165) is 49.9 Å². The second-order valence-electron chi connectivity index (χ2n) is 5.38. The van der Waals surface area contributed by atoms with Crippen molar-refractivity contribution in [1.29, 1.82) is 0 Å². The Labute approximate surface area is 127 Å². The van der Waals surface area contributed by atoms with E-state index in [1.807, 2.05) is 44.4 Å². The zero-order valence-electron chi connectivity index (χ0n) is 12.6. The molecule has 0 radical (unpaired) electrons. The van der Waals surface area contributed by atoms with Gasteiger partial charge in [-0.3, -0.25) is 4.40 Å². The van der Waals surface area contributed by atoms with Crippen LogP contribution in [0.2, 0.25) is 0 Å². The van der Waals surface area contributed by atoms with E-state index in [4.69, 9.17) is 5.73 Å². The van der Waals surface area contributed by atoms with Gasteiger partial charge >= 0.3 is 0 Å². The number of imidazole rings is 1. The van der Waals surface area contributed by atoms with Crippen molar-refractivity contribution in [2.75, 3.05) is 30.5 Å². The number of nitrogens with zero attached hydrogens (tertiary/aromatic N) is 2. The Hall–Kier alpha value is -2.95. The van der Waals surface area contributed by atoms with Crippen molar-refractivity contribution in [2.45, 2.75) is 0 Å². The monoisotopic (exact) mass is 291 g/mol. The van der Waals surface area contributed by atoms with Crippen molar-refractivity contribution in [2.24, 2.45) is 0 Å². The molecule has 0 spiro atoms. The lowest BCUT2D eigenvalue weighted by Crippen LogP contribution is -2.10. The lowest BCUT2D eigenvalue weighted by molar-refractivity contribution is 1.19. The van der Waals surface area contributed by atoms with Gasteiger partial charge in [-0.2, -0.15) is 0 Å². The van der Waals surface area contributed by atoms with Gasteiger partial charge in [-0.25, -0.2) is 4.98 Å². The van der Waals surface area contributed by atoms with Crippen molar-refractivity contribution in [3.63, 3.8) is 0 Å². The number of pyridine rings is 1. The second-order valence-corrected chi connectivity index (χ2v) is 5.38. The molecule has 0 amide bonds. The summed E-state index contributed by atoms with van der Waals surface area (Å²) < 4.78 is 2.13. The highest BCUT2D eigenvalue weighted by Crippen LogP contribution is 2.31. The molecule has 0 unspecified atom stereocenters. The average molecular weight is 291 g/mol. The van der Waals surface area contributed by atoms with E-state index >= 15 is 0 Å². The number of anilines is 3.